The molecule has 0 spiro atoms. The summed E-state index contributed by atoms with van der Waals surface area (Å²) in [5.74, 6) is 1.05. The van der Waals surface area contributed by atoms with E-state index in [4.69, 9.17) is 11.6 Å². The van der Waals surface area contributed by atoms with Crippen molar-refractivity contribution < 1.29 is 4.79 Å². The summed E-state index contributed by atoms with van der Waals surface area (Å²) in [4.78, 5) is 17.7. The fourth-order valence-electron chi connectivity index (χ4n) is 4.16. The van der Waals surface area contributed by atoms with Crippen LogP contribution in [0.5, 0.6) is 0 Å². The Morgan fingerprint density at radius 2 is 2.12 bits per heavy atom. The number of benzene rings is 1. The number of nitrogens with one attached hydrogen (secondary N) is 1. The lowest BCUT2D eigenvalue weighted by molar-refractivity contribution is -0.136. The van der Waals surface area contributed by atoms with Crippen LogP contribution < -0.4 is 5.32 Å². The molecule has 1 saturated heterocycles. The maximum absolute atomic E-state index is 13.1. The van der Waals surface area contributed by atoms with Gasteiger partial charge >= 0.3 is 0 Å². The third kappa shape index (κ3) is 4.53. The Morgan fingerprint density at radius 3 is 2.77 bits per heavy atom. The minimum absolute atomic E-state index is 0. The molecule has 2 unspecified atom stereocenters. The molecule has 3 fully saturated rings. The van der Waals surface area contributed by atoms with Gasteiger partial charge in [-0.1, -0.05) is 23.7 Å². The van der Waals surface area contributed by atoms with Crippen LogP contribution in [0, 0.1) is 5.92 Å². The number of halogens is 2. The van der Waals surface area contributed by atoms with Gasteiger partial charge in [0.25, 0.3) is 0 Å². The lowest BCUT2D eigenvalue weighted by Gasteiger charge is -2.38. The first-order valence-corrected chi connectivity index (χ1v) is 10.0. The molecule has 2 saturated carbocycles. The highest BCUT2D eigenvalue weighted by molar-refractivity contribution is 6.30. The molecule has 1 heterocycles. The summed E-state index contributed by atoms with van der Waals surface area (Å²) in [6.07, 6.45) is 4.94. The molecule has 0 bridgehead atoms. The van der Waals surface area contributed by atoms with Gasteiger partial charge in [-0.2, -0.15) is 0 Å². The van der Waals surface area contributed by atoms with Gasteiger partial charge in [-0.15, -0.1) is 12.4 Å². The molecule has 1 amide bonds. The zero-order valence-corrected chi connectivity index (χ0v) is 16.9. The molecule has 3 aliphatic rings. The van der Waals surface area contributed by atoms with Crippen LogP contribution in [0.4, 0.5) is 0 Å². The highest BCUT2D eigenvalue weighted by atomic mass is 35.5. The number of carbonyl (C=O) groups is 1. The molecule has 2 atom stereocenters. The Balaban J connectivity index is 0.00000196. The van der Waals surface area contributed by atoms with Crippen LogP contribution in [0.3, 0.4) is 0 Å². The lowest BCUT2D eigenvalue weighted by atomic mass is 10.0. The van der Waals surface area contributed by atoms with Crippen LogP contribution in [0.1, 0.15) is 44.2 Å². The van der Waals surface area contributed by atoms with Crippen LogP contribution in [0.25, 0.3) is 0 Å². The fourth-order valence-corrected chi connectivity index (χ4v) is 4.35. The second-order valence-electron chi connectivity index (χ2n) is 7.86. The Labute approximate surface area is 167 Å². The molecule has 2 aliphatic carbocycles. The van der Waals surface area contributed by atoms with Crippen LogP contribution in [-0.2, 0) is 4.79 Å². The standard InChI is InChI=1S/C20H28ClN3O.ClH/c1-14(15-5-6-15)24(18-7-8-18)20(25)13-23-10-9-22-12-19(23)16-3-2-4-17(21)11-16;/h2-4,11,14-15,18-19,22H,5-10,12-13H2,1H3;1H. The molecule has 0 aromatic heterocycles. The number of hydrogen-bond acceptors (Lipinski definition) is 3. The van der Waals surface area contributed by atoms with Crippen molar-refractivity contribution in [1.29, 1.82) is 0 Å². The Hall–Kier alpha value is -0.810. The van der Waals surface area contributed by atoms with Crippen molar-refractivity contribution in [3.8, 4) is 0 Å². The van der Waals surface area contributed by atoms with Crippen molar-refractivity contribution in [3.63, 3.8) is 0 Å². The molecule has 1 aromatic rings. The maximum atomic E-state index is 13.1. The minimum atomic E-state index is 0. The minimum Gasteiger partial charge on any atom is -0.336 e. The van der Waals surface area contributed by atoms with Gasteiger partial charge in [0.05, 0.1) is 6.54 Å². The van der Waals surface area contributed by atoms with E-state index in [-0.39, 0.29) is 18.4 Å². The van der Waals surface area contributed by atoms with Crippen LogP contribution in [0.2, 0.25) is 5.02 Å². The lowest BCUT2D eigenvalue weighted by Crippen LogP contribution is -2.52. The first-order valence-electron chi connectivity index (χ1n) is 9.65. The molecule has 4 rings (SSSR count). The average molecular weight is 398 g/mol. The third-order valence-electron chi connectivity index (χ3n) is 5.90. The molecule has 4 nitrogen and oxygen atoms in total. The van der Waals surface area contributed by atoms with Crippen molar-refractivity contribution in [2.45, 2.75) is 50.7 Å². The number of piperazine rings is 1. The number of carbonyl (C=O) groups excluding carboxylic acids is 1. The van der Waals surface area contributed by atoms with Gasteiger partial charge in [-0.25, -0.2) is 0 Å². The van der Waals surface area contributed by atoms with Crippen LogP contribution in [0.15, 0.2) is 24.3 Å². The van der Waals surface area contributed by atoms with Gasteiger partial charge in [0.2, 0.25) is 5.91 Å². The van der Waals surface area contributed by atoms with Gasteiger partial charge < -0.3 is 10.2 Å². The van der Waals surface area contributed by atoms with Gasteiger partial charge in [-0.3, -0.25) is 9.69 Å². The third-order valence-corrected chi connectivity index (χ3v) is 6.13. The topological polar surface area (TPSA) is 35.6 Å². The number of rotatable bonds is 6. The summed E-state index contributed by atoms with van der Waals surface area (Å²) in [7, 11) is 0. The predicted molar refractivity (Wildman–Crippen MR) is 108 cm³/mol. The van der Waals surface area contributed by atoms with E-state index < -0.39 is 0 Å². The van der Waals surface area contributed by atoms with E-state index in [2.05, 4.69) is 28.1 Å². The number of nitrogens with zero attached hydrogens (tertiary/aromatic N) is 2. The largest absolute Gasteiger partial charge is 0.336 e. The van der Waals surface area contributed by atoms with Gasteiger partial charge in [0.15, 0.2) is 0 Å². The van der Waals surface area contributed by atoms with E-state index >= 15 is 0 Å². The monoisotopic (exact) mass is 397 g/mol. The number of hydrogen-bond donors (Lipinski definition) is 1. The summed E-state index contributed by atoms with van der Waals surface area (Å²) in [6.45, 7) is 5.48. The zero-order valence-electron chi connectivity index (χ0n) is 15.4. The second-order valence-corrected chi connectivity index (χ2v) is 8.29. The molecule has 144 valence electrons. The normalized spacial score (nSPS) is 24.6. The molecule has 1 N–H and O–H groups in total. The first kappa shape index (κ1) is 19.9. The maximum Gasteiger partial charge on any atom is 0.237 e. The highest BCUT2D eigenvalue weighted by Crippen LogP contribution is 2.40. The molecular weight excluding hydrogens is 369 g/mol. The molecule has 0 radical (unpaired) electrons. The Bertz CT molecular complexity index is 633. The average Bonchev–Trinajstić information content (AvgIpc) is 3.47. The van der Waals surface area contributed by atoms with Crippen LogP contribution in [-0.4, -0.2) is 54.0 Å². The van der Waals surface area contributed by atoms with Crippen molar-refractivity contribution in [1.82, 2.24) is 15.1 Å². The Kier molecular flexibility index (Phi) is 6.50. The number of amides is 1. The summed E-state index contributed by atoms with van der Waals surface area (Å²) in [5.41, 5.74) is 1.20. The van der Waals surface area contributed by atoms with Gasteiger partial charge in [0.1, 0.15) is 0 Å². The van der Waals surface area contributed by atoms with E-state index in [1.54, 1.807) is 0 Å². The smallest absolute Gasteiger partial charge is 0.237 e. The fraction of sp³-hybridized carbons (Fsp3) is 0.650. The van der Waals surface area contributed by atoms with Crippen molar-refractivity contribution in [2.75, 3.05) is 26.2 Å². The van der Waals surface area contributed by atoms with Crippen LogP contribution >= 0.6 is 24.0 Å². The summed E-state index contributed by atoms with van der Waals surface area (Å²) >= 11 is 6.19. The summed E-state index contributed by atoms with van der Waals surface area (Å²) in [6, 6.07) is 9.17. The van der Waals surface area contributed by atoms with E-state index in [0.29, 0.717) is 24.5 Å². The predicted octanol–water partition coefficient (Wildman–Crippen LogP) is 3.50. The first-order chi connectivity index (χ1) is 12.1. The molecule has 1 aromatic carbocycles. The second kappa shape index (κ2) is 8.47. The van der Waals surface area contributed by atoms with E-state index in [1.807, 2.05) is 18.2 Å². The quantitative estimate of drug-likeness (QED) is 0.797. The van der Waals surface area contributed by atoms with Gasteiger partial charge in [-0.05, 0) is 56.2 Å². The molecule has 6 heteroatoms. The van der Waals surface area contributed by atoms with E-state index in [1.165, 1.54) is 31.2 Å². The summed E-state index contributed by atoms with van der Waals surface area (Å²) < 4.78 is 0. The Morgan fingerprint density at radius 1 is 1.35 bits per heavy atom. The summed E-state index contributed by atoms with van der Waals surface area (Å²) in [5, 5.41) is 4.22. The molecular formula is C20H29Cl2N3O. The van der Waals surface area contributed by atoms with Crippen molar-refractivity contribution >= 4 is 29.9 Å². The van der Waals surface area contributed by atoms with Crippen molar-refractivity contribution in [3.05, 3.63) is 34.9 Å². The highest BCUT2D eigenvalue weighted by Gasteiger charge is 2.42. The SMILES string of the molecule is CC(C1CC1)N(C(=O)CN1CCNCC1c1cccc(Cl)c1)C1CC1.Cl. The molecule has 1 aliphatic heterocycles. The van der Waals surface area contributed by atoms with E-state index in [9.17, 15) is 4.79 Å². The molecule has 26 heavy (non-hydrogen) atoms. The van der Waals surface area contributed by atoms with Crippen molar-refractivity contribution in [2.24, 2.45) is 5.92 Å². The van der Waals surface area contributed by atoms with Gasteiger partial charge in [0, 0.05) is 42.8 Å². The van der Waals surface area contributed by atoms with E-state index in [0.717, 1.165) is 30.6 Å². The zero-order chi connectivity index (χ0) is 17.4.